The number of anilines is 1. The van der Waals surface area contributed by atoms with Crippen molar-refractivity contribution in [3.63, 3.8) is 0 Å². The number of carbonyl (C=O) groups is 2. The summed E-state index contributed by atoms with van der Waals surface area (Å²) in [6, 6.07) is 1.68. The van der Waals surface area contributed by atoms with Crippen LogP contribution in [0.15, 0.2) is 12.1 Å². The molecule has 0 spiro atoms. The maximum Gasteiger partial charge on any atom is 0.244 e. The number of benzene rings is 1. The zero-order valence-electron chi connectivity index (χ0n) is 14.5. The lowest BCUT2D eigenvalue weighted by Crippen LogP contribution is -2.44. The van der Waals surface area contributed by atoms with Gasteiger partial charge in [0.05, 0.1) is 12.2 Å². The van der Waals surface area contributed by atoms with E-state index in [9.17, 15) is 22.8 Å². The van der Waals surface area contributed by atoms with Crippen LogP contribution in [0.25, 0.3) is 0 Å². The summed E-state index contributed by atoms with van der Waals surface area (Å²) in [6.07, 6.45) is 2.08. The van der Waals surface area contributed by atoms with Gasteiger partial charge in [0, 0.05) is 12.5 Å². The summed E-state index contributed by atoms with van der Waals surface area (Å²) >= 11 is 0. The minimum atomic E-state index is -1.64. The van der Waals surface area contributed by atoms with Crippen LogP contribution < -0.4 is 10.6 Å². The number of piperidine rings is 1. The molecular formula is C17H23ClF3N3O2. The molecule has 146 valence electrons. The molecule has 0 atom stereocenters. The zero-order chi connectivity index (χ0) is 18.4. The van der Waals surface area contributed by atoms with Crippen LogP contribution in [0.1, 0.15) is 26.2 Å². The summed E-state index contributed by atoms with van der Waals surface area (Å²) in [5.41, 5.74) is -0.449. The van der Waals surface area contributed by atoms with E-state index in [2.05, 4.69) is 10.6 Å². The lowest BCUT2D eigenvalue weighted by Gasteiger charge is -2.29. The Balaban J connectivity index is 0.00000338. The number of hydrogen-bond donors (Lipinski definition) is 2. The Morgan fingerprint density at radius 3 is 2.46 bits per heavy atom. The van der Waals surface area contributed by atoms with Crippen LogP contribution in [0.3, 0.4) is 0 Å². The Morgan fingerprint density at radius 1 is 1.19 bits per heavy atom. The average Bonchev–Trinajstić information content (AvgIpc) is 2.62. The molecule has 26 heavy (non-hydrogen) atoms. The second kappa shape index (κ2) is 10.4. The van der Waals surface area contributed by atoms with Crippen molar-refractivity contribution in [1.29, 1.82) is 0 Å². The van der Waals surface area contributed by atoms with Crippen LogP contribution >= 0.6 is 12.4 Å². The van der Waals surface area contributed by atoms with Crippen molar-refractivity contribution < 1.29 is 22.8 Å². The van der Waals surface area contributed by atoms with Gasteiger partial charge in [0.2, 0.25) is 11.8 Å². The highest BCUT2D eigenvalue weighted by Gasteiger charge is 2.27. The first-order valence-corrected chi connectivity index (χ1v) is 8.36. The highest BCUT2D eigenvalue weighted by atomic mass is 35.5. The number of halogens is 4. The van der Waals surface area contributed by atoms with E-state index in [1.807, 2.05) is 6.92 Å². The summed E-state index contributed by atoms with van der Waals surface area (Å²) in [5, 5.41) is 5.37. The Morgan fingerprint density at radius 2 is 1.85 bits per heavy atom. The molecule has 0 bridgehead atoms. The fraction of sp³-hybridized carbons (Fsp3) is 0.529. The topological polar surface area (TPSA) is 61.4 Å². The van der Waals surface area contributed by atoms with E-state index in [0.717, 1.165) is 25.2 Å². The third-order valence-corrected chi connectivity index (χ3v) is 4.14. The highest BCUT2D eigenvalue weighted by molar-refractivity contribution is 5.95. The van der Waals surface area contributed by atoms with Crippen LogP contribution in [0.2, 0.25) is 0 Å². The van der Waals surface area contributed by atoms with Gasteiger partial charge in [-0.3, -0.25) is 9.59 Å². The molecule has 2 rings (SSSR count). The standard InChI is InChI=1S/C17H22F3N3O2.ClH/c1-2-9-23(17(25)11-5-7-21-8-6-11)10-14(24)22-13-4-3-12(18)15(19)16(13)20;/h3-4,11,21H,2,5-10H2,1H3,(H,22,24);1H. The van der Waals surface area contributed by atoms with Crippen molar-refractivity contribution in [1.82, 2.24) is 10.2 Å². The highest BCUT2D eigenvalue weighted by Crippen LogP contribution is 2.20. The number of nitrogens with one attached hydrogen (secondary N) is 2. The maximum atomic E-state index is 13.6. The minimum absolute atomic E-state index is 0. The number of rotatable bonds is 6. The van der Waals surface area contributed by atoms with Gasteiger partial charge in [-0.25, -0.2) is 13.2 Å². The SMILES string of the molecule is CCCN(CC(=O)Nc1ccc(F)c(F)c1F)C(=O)C1CCNCC1.Cl. The van der Waals surface area contributed by atoms with Gasteiger partial charge in [-0.2, -0.15) is 0 Å². The molecule has 0 aliphatic carbocycles. The lowest BCUT2D eigenvalue weighted by atomic mass is 9.96. The number of amides is 2. The molecule has 1 aromatic carbocycles. The summed E-state index contributed by atoms with van der Waals surface area (Å²) in [5.74, 6) is -5.33. The first-order valence-electron chi connectivity index (χ1n) is 8.36. The van der Waals surface area contributed by atoms with Gasteiger partial charge in [0.25, 0.3) is 0 Å². The minimum Gasteiger partial charge on any atom is -0.333 e. The summed E-state index contributed by atoms with van der Waals surface area (Å²) < 4.78 is 39.8. The van der Waals surface area contributed by atoms with Crippen LogP contribution in [0.4, 0.5) is 18.9 Å². The van der Waals surface area contributed by atoms with Gasteiger partial charge >= 0.3 is 0 Å². The number of carbonyl (C=O) groups excluding carboxylic acids is 2. The molecule has 9 heteroatoms. The van der Waals surface area contributed by atoms with E-state index in [1.54, 1.807) is 0 Å². The molecule has 2 amide bonds. The molecule has 0 unspecified atom stereocenters. The fourth-order valence-electron chi connectivity index (χ4n) is 2.85. The predicted octanol–water partition coefficient (Wildman–Crippen LogP) is 2.70. The molecule has 5 nitrogen and oxygen atoms in total. The quantitative estimate of drug-likeness (QED) is 0.730. The smallest absolute Gasteiger partial charge is 0.244 e. The van der Waals surface area contributed by atoms with Gasteiger partial charge in [-0.15, -0.1) is 12.4 Å². The third kappa shape index (κ3) is 5.60. The Bertz CT molecular complexity index is 640. The Kier molecular flexibility index (Phi) is 8.87. The van der Waals surface area contributed by atoms with Crippen molar-refractivity contribution in [2.75, 3.05) is 31.5 Å². The third-order valence-electron chi connectivity index (χ3n) is 4.14. The zero-order valence-corrected chi connectivity index (χ0v) is 15.3. The van der Waals surface area contributed by atoms with Gasteiger partial charge in [0.1, 0.15) is 0 Å². The van der Waals surface area contributed by atoms with Crippen LogP contribution in [-0.4, -0.2) is 42.9 Å². The van der Waals surface area contributed by atoms with Crippen molar-refractivity contribution >= 4 is 29.9 Å². The largest absolute Gasteiger partial charge is 0.333 e. The molecule has 1 aliphatic rings. The van der Waals surface area contributed by atoms with Crippen molar-refractivity contribution in [2.24, 2.45) is 5.92 Å². The van der Waals surface area contributed by atoms with Gasteiger partial charge in [-0.05, 0) is 44.5 Å². The monoisotopic (exact) mass is 393 g/mol. The molecule has 1 aromatic rings. The van der Waals surface area contributed by atoms with Crippen molar-refractivity contribution in [2.45, 2.75) is 26.2 Å². The van der Waals surface area contributed by atoms with E-state index in [1.165, 1.54) is 4.90 Å². The Labute approximate surface area is 156 Å². The lowest BCUT2D eigenvalue weighted by molar-refractivity contribution is -0.139. The van der Waals surface area contributed by atoms with Crippen LogP contribution in [-0.2, 0) is 9.59 Å². The molecule has 0 saturated carbocycles. The summed E-state index contributed by atoms with van der Waals surface area (Å²) in [4.78, 5) is 26.1. The van der Waals surface area contributed by atoms with E-state index in [-0.39, 0.29) is 30.8 Å². The molecule has 1 saturated heterocycles. The Hall–Kier alpha value is -1.80. The average molecular weight is 394 g/mol. The summed E-state index contributed by atoms with van der Waals surface area (Å²) in [7, 11) is 0. The predicted molar refractivity (Wildman–Crippen MR) is 94.7 cm³/mol. The van der Waals surface area contributed by atoms with Gasteiger partial charge in [-0.1, -0.05) is 6.92 Å². The normalized spacial score (nSPS) is 14.5. The van der Waals surface area contributed by atoms with Crippen LogP contribution in [0, 0.1) is 23.4 Å². The maximum absolute atomic E-state index is 13.6. The molecule has 1 aliphatic heterocycles. The summed E-state index contributed by atoms with van der Waals surface area (Å²) in [6.45, 7) is 3.53. The number of nitrogens with zero attached hydrogens (tertiary/aromatic N) is 1. The molecule has 2 N–H and O–H groups in total. The molecule has 1 heterocycles. The number of hydrogen-bond acceptors (Lipinski definition) is 3. The van der Waals surface area contributed by atoms with Crippen LogP contribution in [0.5, 0.6) is 0 Å². The molecular weight excluding hydrogens is 371 g/mol. The van der Waals surface area contributed by atoms with E-state index in [4.69, 9.17) is 0 Å². The van der Waals surface area contributed by atoms with Gasteiger partial charge in [0.15, 0.2) is 17.5 Å². The fourth-order valence-corrected chi connectivity index (χ4v) is 2.85. The van der Waals surface area contributed by atoms with Crippen molar-refractivity contribution in [3.05, 3.63) is 29.6 Å². The van der Waals surface area contributed by atoms with Crippen molar-refractivity contribution in [3.8, 4) is 0 Å². The van der Waals surface area contributed by atoms with Gasteiger partial charge < -0.3 is 15.5 Å². The molecule has 0 aromatic heterocycles. The second-order valence-corrected chi connectivity index (χ2v) is 6.06. The molecule has 0 radical (unpaired) electrons. The second-order valence-electron chi connectivity index (χ2n) is 6.06. The van der Waals surface area contributed by atoms with E-state index >= 15 is 0 Å². The first-order chi connectivity index (χ1) is 11.9. The van der Waals surface area contributed by atoms with E-state index < -0.39 is 29.0 Å². The van der Waals surface area contributed by atoms with E-state index in [0.29, 0.717) is 25.8 Å². The molecule has 1 fully saturated rings. The first kappa shape index (κ1) is 22.2.